The van der Waals surface area contributed by atoms with Crippen LogP contribution >= 0.6 is 0 Å². The molecule has 39 heavy (non-hydrogen) atoms. The van der Waals surface area contributed by atoms with E-state index in [1.165, 1.54) is 12.1 Å². The summed E-state index contributed by atoms with van der Waals surface area (Å²) < 4.78 is 12.2. The normalized spacial score (nSPS) is 17.0. The highest BCUT2D eigenvalue weighted by Crippen LogP contribution is 2.38. The molecule has 1 aromatic heterocycles. The minimum atomic E-state index is -0.276. The lowest BCUT2D eigenvalue weighted by Gasteiger charge is -2.53. The van der Waals surface area contributed by atoms with Gasteiger partial charge in [-0.1, -0.05) is 43.7 Å². The maximum absolute atomic E-state index is 12.8. The zero-order chi connectivity index (χ0) is 28.2. The molecule has 2 N–H and O–H groups in total. The van der Waals surface area contributed by atoms with Crippen LogP contribution in [-0.2, 0) is 0 Å². The van der Waals surface area contributed by atoms with E-state index < -0.39 is 0 Å². The molecular formula is C30H39N5O4. The van der Waals surface area contributed by atoms with Crippen LogP contribution in [-0.4, -0.2) is 61.5 Å². The van der Waals surface area contributed by atoms with Crippen LogP contribution in [0.2, 0.25) is 0 Å². The highest BCUT2D eigenvalue weighted by Gasteiger charge is 2.44. The molecule has 0 aliphatic carbocycles. The first kappa shape index (κ1) is 28.3. The summed E-state index contributed by atoms with van der Waals surface area (Å²) in [5.41, 5.74) is 0.556. The lowest BCUT2D eigenvalue weighted by Crippen LogP contribution is -2.60. The average Bonchev–Trinajstić information content (AvgIpc) is 2.87. The van der Waals surface area contributed by atoms with Crippen LogP contribution in [0.5, 0.6) is 23.5 Å². The van der Waals surface area contributed by atoms with Crippen molar-refractivity contribution in [1.82, 2.24) is 19.9 Å². The van der Waals surface area contributed by atoms with Crippen molar-refractivity contribution < 1.29 is 19.4 Å². The fourth-order valence-electron chi connectivity index (χ4n) is 5.02. The number of ketones is 1. The lowest BCUT2D eigenvalue weighted by molar-refractivity contribution is -0.0579. The number of carbonyl (C=O) groups is 1. The largest absolute Gasteiger partial charge is 0.507 e. The number of nitrogens with one attached hydrogen (secondary N) is 1. The number of benzene rings is 2. The molecule has 1 aliphatic heterocycles. The number of nitrogens with zero attached hydrogens (tertiary/aromatic N) is 4. The minimum absolute atomic E-state index is 0.0342. The number of piperidine rings is 1. The number of unbranched alkanes of at least 4 members (excludes halogenated alkanes) is 1. The first-order valence-electron chi connectivity index (χ1n) is 13.5. The van der Waals surface area contributed by atoms with Crippen molar-refractivity contribution in [3.05, 3.63) is 59.7 Å². The summed E-state index contributed by atoms with van der Waals surface area (Å²) in [5.74, 6) is 0.177. The van der Waals surface area contributed by atoms with Crippen LogP contribution in [0, 0.1) is 0 Å². The highest BCUT2D eigenvalue weighted by molar-refractivity contribution is 6.10. The first-order valence-corrected chi connectivity index (χ1v) is 13.5. The van der Waals surface area contributed by atoms with Gasteiger partial charge in [-0.15, -0.1) is 4.98 Å². The Morgan fingerprint density at radius 2 is 1.69 bits per heavy atom. The predicted molar refractivity (Wildman–Crippen MR) is 151 cm³/mol. The molecule has 9 heteroatoms. The molecule has 1 saturated heterocycles. The summed E-state index contributed by atoms with van der Waals surface area (Å²) in [6.45, 7) is 11.7. The van der Waals surface area contributed by atoms with E-state index in [1.54, 1.807) is 30.3 Å². The molecule has 9 nitrogen and oxygen atoms in total. The van der Waals surface area contributed by atoms with Crippen LogP contribution in [0.1, 0.15) is 76.2 Å². The Balaban J connectivity index is 1.56. The third kappa shape index (κ3) is 6.84. The molecule has 2 heterocycles. The molecule has 4 rings (SSSR count). The number of hydrogen-bond donors (Lipinski definition) is 2. The van der Waals surface area contributed by atoms with Crippen LogP contribution in [0.4, 0.5) is 5.95 Å². The van der Waals surface area contributed by atoms with Gasteiger partial charge < -0.3 is 19.9 Å². The van der Waals surface area contributed by atoms with Crippen LogP contribution in [0.25, 0.3) is 0 Å². The molecule has 1 fully saturated rings. The summed E-state index contributed by atoms with van der Waals surface area (Å²) >= 11 is 0. The summed E-state index contributed by atoms with van der Waals surface area (Å²) in [4.78, 5) is 28.5. The summed E-state index contributed by atoms with van der Waals surface area (Å²) in [6, 6.07) is 13.5. The van der Waals surface area contributed by atoms with E-state index in [0.717, 1.165) is 25.7 Å². The van der Waals surface area contributed by atoms with E-state index in [9.17, 15) is 9.90 Å². The quantitative estimate of drug-likeness (QED) is 0.245. The van der Waals surface area contributed by atoms with E-state index in [1.807, 2.05) is 6.07 Å². The van der Waals surface area contributed by atoms with Gasteiger partial charge in [-0.2, -0.15) is 9.97 Å². The van der Waals surface area contributed by atoms with E-state index in [-0.39, 0.29) is 52.0 Å². The predicted octanol–water partition coefficient (Wildman–Crippen LogP) is 5.84. The first-order chi connectivity index (χ1) is 18.5. The third-order valence-corrected chi connectivity index (χ3v) is 7.41. The fraction of sp³-hybridized carbons (Fsp3) is 0.467. The second kappa shape index (κ2) is 11.6. The van der Waals surface area contributed by atoms with Gasteiger partial charge in [-0.3, -0.25) is 9.69 Å². The van der Waals surface area contributed by atoms with Crippen LogP contribution < -0.4 is 14.8 Å². The molecular weight excluding hydrogens is 494 g/mol. The molecule has 0 radical (unpaired) electrons. The maximum Gasteiger partial charge on any atom is 0.330 e. The molecule has 0 amide bonds. The minimum Gasteiger partial charge on any atom is -0.507 e. The molecule has 0 bridgehead atoms. The van der Waals surface area contributed by atoms with E-state index in [4.69, 9.17) is 9.47 Å². The number of aromatic hydroxyl groups is 1. The van der Waals surface area contributed by atoms with Crippen molar-refractivity contribution in [2.75, 3.05) is 18.9 Å². The summed E-state index contributed by atoms with van der Waals surface area (Å²) in [6.07, 6.45) is 3.53. The Bertz CT molecular complexity index is 1280. The van der Waals surface area contributed by atoms with Crippen LogP contribution in [0.3, 0.4) is 0 Å². The van der Waals surface area contributed by atoms with Crippen molar-refractivity contribution in [3.63, 3.8) is 0 Å². The Morgan fingerprint density at radius 3 is 2.33 bits per heavy atom. The Morgan fingerprint density at radius 1 is 1.03 bits per heavy atom. The lowest BCUT2D eigenvalue weighted by atomic mass is 9.79. The standard InChI is InChI=1S/C30H39N5O4/c1-7-8-16-31-26-32-27(34-28(33-26)39-22-18-29(2,3)35(6)30(4,5)19-22)38-21-14-15-23(24(36)17-21)25(37)20-12-10-9-11-13-20/h9-15,17,22,36H,7-8,16,18-19H2,1-6H3,(H,31,32,33,34). The fourth-order valence-corrected chi connectivity index (χ4v) is 5.02. The van der Waals surface area contributed by atoms with Gasteiger partial charge in [0.25, 0.3) is 0 Å². The molecule has 0 unspecified atom stereocenters. The number of phenols is 1. The second-order valence-corrected chi connectivity index (χ2v) is 11.3. The molecule has 1 aliphatic rings. The maximum atomic E-state index is 12.8. The van der Waals surface area contributed by atoms with Gasteiger partial charge >= 0.3 is 12.0 Å². The second-order valence-electron chi connectivity index (χ2n) is 11.3. The zero-order valence-corrected chi connectivity index (χ0v) is 23.7. The summed E-state index contributed by atoms with van der Waals surface area (Å²) in [5, 5.41) is 13.8. The molecule has 3 aromatic rings. The van der Waals surface area contributed by atoms with Gasteiger partial charge in [0, 0.05) is 42.1 Å². The molecule has 2 aromatic carbocycles. The molecule has 0 atom stereocenters. The monoisotopic (exact) mass is 533 g/mol. The SMILES string of the molecule is CCCCNc1nc(Oc2ccc(C(=O)c3ccccc3)c(O)c2)nc(OC2CC(C)(C)N(C)C(C)(C)C2)n1. The molecule has 208 valence electrons. The van der Waals surface area contributed by atoms with Gasteiger partial charge in [0.2, 0.25) is 5.95 Å². The number of hydrogen-bond acceptors (Lipinski definition) is 9. The third-order valence-electron chi connectivity index (χ3n) is 7.41. The van der Waals surface area contributed by atoms with Crippen molar-refractivity contribution in [2.24, 2.45) is 0 Å². The number of likely N-dealkylation sites (tertiary alicyclic amines) is 1. The Hall–Kier alpha value is -3.72. The Kier molecular flexibility index (Phi) is 8.39. The zero-order valence-electron chi connectivity index (χ0n) is 23.7. The number of carbonyl (C=O) groups excluding carboxylic acids is 1. The number of ether oxygens (including phenoxy) is 2. The number of rotatable bonds is 10. The van der Waals surface area contributed by atoms with E-state index in [2.05, 4.69) is 66.8 Å². The van der Waals surface area contributed by atoms with Crippen molar-refractivity contribution in [2.45, 2.75) is 77.5 Å². The topological polar surface area (TPSA) is 110 Å². The number of anilines is 1. The van der Waals surface area contributed by atoms with Crippen molar-refractivity contribution in [3.8, 4) is 23.5 Å². The highest BCUT2D eigenvalue weighted by atomic mass is 16.5. The van der Waals surface area contributed by atoms with Gasteiger partial charge in [0.1, 0.15) is 17.6 Å². The van der Waals surface area contributed by atoms with Gasteiger partial charge in [0.15, 0.2) is 5.78 Å². The van der Waals surface area contributed by atoms with E-state index >= 15 is 0 Å². The Labute approximate surface area is 230 Å². The smallest absolute Gasteiger partial charge is 0.330 e. The van der Waals surface area contributed by atoms with Crippen molar-refractivity contribution in [1.29, 1.82) is 0 Å². The van der Waals surface area contributed by atoms with Crippen LogP contribution in [0.15, 0.2) is 48.5 Å². The van der Waals surface area contributed by atoms with Gasteiger partial charge in [-0.05, 0) is 53.3 Å². The van der Waals surface area contributed by atoms with Gasteiger partial charge in [-0.25, -0.2) is 0 Å². The molecule has 0 saturated carbocycles. The molecule has 0 spiro atoms. The van der Waals surface area contributed by atoms with E-state index in [0.29, 0.717) is 18.1 Å². The number of phenolic OH excluding ortho intramolecular Hbond substituents is 1. The number of aromatic nitrogens is 3. The van der Waals surface area contributed by atoms with Crippen molar-refractivity contribution >= 4 is 11.7 Å². The summed E-state index contributed by atoms with van der Waals surface area (Å²) in [7, 11) is 2.15. The average molecular weight is 534 g/mol. The van der Waals surface area contributed by atoms with Gasteiger partial charge in [0.05, 0.1) is 5.56 Å².